The van der Waals surface area contributed by atoms with Crippen molar-refractivity contribution < 1.29 is 15.0 Å². The zero-order chi connectivity index (χ0) is 13.4. The summed E-state index contributed by atoms with van der Waals surface area (Å²) >= 11 is 3.23. The maximum Gasteiger partial charge on any atom is 0.217 e. The van der Waals surface area contributed by atoms with E-state index in [2.05, 4.69) is 5.32 Å². The van der Waals surface area contributed by atoms with E-state index in [4.69, 9.17) is 0 Å². The van der Waals surface area contributed by atoms with Gasteiger partial charge in [0.05, 0.1) is 10.6 Å². The summed E-state index contributed by atoms with van der Waals surface area (Å²) in [7, 11) is 0. The van der Waals surface area contributed by atoms with Crippen molar-refractivity contribution in [2.75, 3.05) is 11.5 Å². The first-order valence-corrected chi connectivity index (χ1v) is 7.90. The molecule has 0 aliphatic rings. The molecule has 0 spiro atoms. The average Bonchev–Trinajstić information content (AvgIpc) is 2.26. The van der Waals surface area contributed by atoms with Crippen molar-refractivity contribution in [3.05, 3.63) is 0 Å². The molecule has 0 aliphatic heterocycles. The van der Waals surface area contributed by atoms with Crippen LogP contribution in [0.5, 0.6) is 0 Å². The molecule has 0 fully saturated rings. The van der Waals surface area contributed by atoms with Crippen LogP contribution in [0.3, 0.4) is 0 Å². The normalized spacial score (nSPS) is 16.6. The zero-order valence-corrected chi connectivity index (χ0v) is 12.5. The Morgan fingerprint density at radius 1 is 1.18 bits per heavy atom. The van der Waals surface area contributed by atoms with Crippen LogP contribution in [0.4, 0.5) is 0 Å². The third-order valence-electron chi connectivity index (χ3n) is 2.23. The van der Waals surface area contributed by atoms with E-state index in [0.29, 0.717) is 0 Å². The highest BCUT2D eigenvalue weighted by molar-refractivity contribution is 8.17. The second kappa shape index (κ2) is 9.08. The number of hydrogen-bond acceptors (Lipinski definition) is 5. The first-order chi connectivity index (χ1) is 7.93. The summed E-state index contributed by atoms with van der Waals surface area (Å²) in [6, 6.07) is -0.445. The third kappa shape index (κ3) is 6.55. The number of rotatable bonds is 8. The number of carbonyl (C=O) groups is 1. The van der Waals surface area contributed by atoms with Crippen LogP contribution < -0.4 is 5.32 Å². The average molecular weight is 281 g/mol. The van der Waals surface area contributed by atoms with Gasteiger partial charge in [-0.2, -0.15) is 0 Å². The minimum Gasteiger partial charge on any atom is -0.388 e. The molecule has 1 amide bonds. The standard InChI is InChI=1S/C11H23NO3S2/c1-5-16-11(17-6-2)10(15)9(14)7(3)12-8(4)13/h7,9-11,14-15H,5-6H2,1-4H3,(H,12,13). The quantitative estimate of drug-likeness (QED) is 0.581. The molecular weight excluding hydrogens is 258 g/mol. The van der Waals surface area contributed by atoms with Crippen LogP contribution in [0.25, 0.3) is 0 Å². The molecule has 0 rings (SSSR count). The number of amides is 1. The maximum absolute atomic E-state index is 10.9. The molecule has 102 valence electrons. The molecular formula is C11H23NO3S2. The van der Waals surface area contributed by atoms with Gasteiger partial charge in [0, 0.05) is 6.92 Å². The van der Waals surface area contributed by atoms with Crippen LogP contribution in [-0.4, -0.2) is 50.5 Å². The van der Waals surface area contributed by atoms with Gasteiger partial charge in [0.15, 0.2) is 0 Å². The number of nitrogens with one attached hydrogen (secondary N) is 1. The molecule has 3 unspecified atom stereocenters. The van der Waals surface area contributed by atoms with E-state index in [-0.39, 0.29) is 10.5 Å². The molecule has 0 saturated heterocycles. The van der Waals surface area contributed by atoms with Gasteiger partial charge in [-0.05, 0) is 18.4 Å². The van der Waals surface area contributed by atoms with Gasteiger partial charge in [-0.15, -0.1) is 23.5 Å². The van der Waals surface area contributed by atoms with E-state index in [1.165, 1.54) is 6.92 Å². The predicted molar refractivity (Wildman–Crippen MR) is 75.3 cm³/mol. The predicted octanol–water partition coefficient (Wildman–Crippen LogP) is 1.07. The Labute approximate surface area is 112 Å². The summed E-state index contributed by atoms with van der Waals surface area (Å²) in [5.74, 6) is 1.57. The maximum atomic E-state index is 10.9. The molecule has 0 radical (unpaired) electrons. The van der Waals surface area contributed by atoms with Crippen LogP contribution in [0.15, 0.2) is 0 Å². The smallest absolute Gasteiger partial charge is 0.217 e. The van der Waals surface area contributed by atoms with E-state index in [9.17, 15) is 15.0 Å². The molecule has 0 aliphatic carbocycles. The lowest BCUT2D eigenvalue weighted by molar-refractivity contribution is -0.120. The van der Waals surface area contributed by atoms with Crippen LogP contribution >= 0.6 is 23.5 Å². The van der Waals surface area contributed by atoms with Gasteiger partial charge >= 0.3 is 0 Å². The van der Waals surface area contributed by atoms with E-state index in [0.717, 1.165) is 11.5 Å². The fourth-order valence-electron chi connectivity index (χ4n) is 1.44. The second-order valence-electron chi connectivity index (χ2n) is 3.75. The van der Waals surface area contributed by atoms with E-state index in [1.54, 1.807) is 30.4 Å². The van der Waals surface area contributed by atoms with Crippen molar-refractivity contribution in [2.24, 2.45) is 0 Å². The lowest BCUT2D eigenvalue weighted by Gasteiger charge is -2.29. The molecule has 3 atom stereocenters. The highest BCUT2D eigenvalue weighted by atomic mass is 32.2. The third-order valence-corrected chi connectivity index (χ3v) is 4.93. The summed E-state index contributed by atoms with van der Waals surface area (Å²) in [6.07, 6.45) is -1.78. The fourth-order valence-corrected chi connectivity index (χ4v) is 4.01. The van der Waals surface area contributed by atoms with E-state index in [1.807, 2.05) is 13.8 Å². The Hall–Kier alpha value is 0.0900. The number of aliphatic hydroxyl groups excluding tert-OH is 2. The first-order valence-electron chi connectivity index (χ1n) is 5.80. The molecule has 4 nitrogen and oxygen atoms in total. The second-order valence-corrected chi connectivity index (χ2v) is 6.88. The van der Waals surface area contributed by atoms with Gasteiger partial charge in [0.1, 0.15) is 12.2 Å². The van der Waals surface area contributed by atoms with Gasteiger partial charge < -0.3 is 15.5 Å². The van der Waals surface area contributed by atoms with Crippen LogP contribution in [-0.2, 0) is 4.79 Å². The van der Waals surface area contributed by atoms with Crippen molar-refractivity contribution in [1.29, 1.82) is 0 Å². The lowest BCUT2D eigenvalue weighted by Crippen LogP contribution is -2.48. The van der Waals surface area contributed by atoms with Gasteiger partial charge in [-0.3, -0.25) is 4.79 Å². The number of hydrogen-bond donors (Lipinski definition) is 3. The Balaban J connectivity index is 4.40. The molecule has 17 heavy (non-hydrogen) atoms. The first kappa shape index (κ1) is 17.1. The van der Waals surface area contributed by atoms with Crippen molar-refractivity contribution >= 4 is 29.4 Å². The van der Waals surface area contributed by atoms with Crippen LogP contribution in [0.2, 0.25) is 0 Å². The van der Waals surface area contributed by atoms with Crippen molar-refractivity contribution in [3.8, 4) is 0 Å². The topological polar surface area (TPSA) is 69.6 Å². The molecule has 3 N–H and O–H groups in total. The van der Waals surface area contributed by atoms with Gasteiger partial charge in [-0.1, -0.05) is 13.8 Å². The summed E-state index contributed by atoms with van der Waals surface area (Å²) in [6.45, 7) is 7.13. The minimum atomic E-state index is -0.943. The van der Waals surface area contributed by atoms with Crippen molar-refractivity contribution in [2.45, 2.75) is 50.5 Å². The molecule has 0 bridgehead atoms. The van der Waals surface area contributed by atoms with Crippen LogP contribution in [0.1, 0.15) is 27.7 Å². The number of thioether (sulfide) groups is 2. The molecule has 6 heteroatoms. The summed E-state index contributed by atoms with van der Waals surface area (Å²) < 4.78 is -0.0591. The highest BCUT2D eigenvalue weighted by Crippen LogP contribution is 2.28. The zero-order valence-electron chi connectivity index (χ0n) is 10.8. The Bertz CT molecular complexity index is 223. The van der Waals surface area contributed by atoms with Crippen molar-refractivity contribution in [1.82, 2.24) is 5.32 Å². The van der Waals surface area contributed by atoms with Crippen molar-refractivity contribution in [3.63, 3.8) is 0 Å². The SMILES string of the molecule is CCSC(SCC)C(O)C(O)C(C)NC(C)=O. The number of aliphatic hydroxyl groups is 2. The molecule has 0 saturated carbocycles. The van der Waals surface area contributed by atoms with Gasteiger partial charge in [0.2, 0.25) is 5.91 Å². The largest absolute Gasteiger partial charge is 0.388 e. The Kier molecular flexibility index (Phi) is 9.13. The summed E-state index contributed by atoms with van der Waals surface area (Å²) in [5, 5.41) is 22.6. The number of carbonyl (C=O) groups excluding carboxylic acids is 1. The van der Waals surface area contributed by atoms with Gasteiger partial charge in [0.25, 0.3) is 0 Å². The summed E-state index contributed by atoms with van der Waals surface area (Å²) in [4.78, 5) is 10.9. The summed E-state index contributed by atoms with van der Waals surface area (Å²) in [5.41, 5.74) is 0. The fraction of sp³-hybridized carbons (Fsp3) is 0.909. The molecule has 0 aromatic heterocycles. The monoisotopic (exact) mass is 281 g/mol. The van der Waals surface area contributed by atoms with E-state index < -0.39 is 18.2 Å². The minimum absolute atomic E-state index is 0.0591. The van der Waals surface area contributed by atoms with Crippen LogP contribution in [0, 0.1) is 0 Å². The molecule has 0 aromatic carbocycles. The van der Waals surface area contributed by atoms with Gasteiger partial charge in [-0.25, -0.2) is 0 Å². The molecule has 0 heterocycles. The Morgan fingerprint density at radius 2 is 1.65 bits per heavy atom. The molecule has 0 aromatic rings. The van der Waals surface area contributed by atoms with E-state index >= 15 is 0 Å². The Morgan fingerprint density at radius 3 is 2.00 bits per heavy atom. The lowest BCUT2D eigenvalue weighted by atomic mass is 10.1. The highest BCUT2D eigenvalue weighted by Gasteiger charge is 2.30.